The molecule has 6 aromatic carbocycles. The Hall–Kier alpha value is -12.3. The summed E-state index contributed by atoms with van der Waals surface area (Å²) in [6.07, 6.45) is 30.3. The second-order valence-electron chi connectivity index (χ2n) is 36.5. The fourth-order valence-electron chi connectivity index (χ4n) is 18.5. The number of anilines is 6. The van der Waals surface area contributed by atoms with Crippen LogP contribution in [-0.2, 0) is 14.6 Å². The molecule has 718 valence electrons. The van der Waals surface area contributed by atoms with Crippen LogP contribution in [0.15, 0.2) is 203 Å². The van der Waals surface area contributed by atoms with Gasteiger partial charge in [0.25, 0.3) is 0 Å². The molecule has 136 heavy (non-hydrogen) atoms. The number of sulfone groups is 1. The lowest BCUT2D eigenvalue weighted by atomic mass is 9.89. The second-order valence-corrected chi connectivity index (χ2v) is 38.7. The molecule has 0 spiro atoms. The highest BCUT2D eigenvalue weighted by molar-refractivity contribution is 7.91. The summed E-state index contributed by atoms with van der Waals surface area (Å²) in [7, 11) is -2.95. The Morgan fingerprint density at radius 2 is 0.809 bits per heavy atom. The zero-order valence-electron chi connectivity index (χ0n) is 76.9. The maximum absolute atomic E-state index is 13.0. The molecule has 2 saturated heterocycles. The van der Waals surface area contributed by atoms with Gasteiger partial charge in [-0.05, 0) is 177 Å². The number of benzene rings is 6. The molecule has 0 radical (unpaired) electrons. The summed E-state index contributed by atoms with van der Waals surface area (Å²) in [4.78, 5) is 63.0. The highest BCUT2D eigenvalue weighted by Crippen LogP contribution is 2.34. The van der Waals surface area contributed by atoms with Crippen molar-refractivity contribution >= 4 is 128 Å². The molecule has 15 N–H and O–H groups in total. The van der Waals surface area contributed by atoms with Gasteiger partial charge in [0.2, 0.25) is 29.7 Å². The van der Waals surface area contributed by atoms with Gasteiger partial charge in [0, 0.05) is 171 Å². The number of ketones is 1. The predicted octanol–water partition coefficient (Wildman–Crippen LogP) is 16.3. The van der Waals surface area contributed by atoms with Crippen LogP contribution in [-0.4, -0.2) is 210 Å². The molecule has 30 nitrogen and oxygen atoms in total. The first-order chi connectivity index (χ1) is 65.6. The molecule has 5 saturated carbocycles. The molecule has 31 heteroatoms. The number of hydrogen-bond donors (Lipinski definition) is 15. The maximum atomic E-state index is 13.0. The monoisotopic (exact) mass is 1870 g/mol. The third kappa shape index (κ3) is 28.0. The van der Waals surface area contributed by atoms with E-state index in [0.717, 1.165) is 254 Å². The molecule has 0 bridgehead atoms. The van der Waals surface area contributed by atoms with E-state index >= 15 is 0 Å². The molecule has 6 aromatic heterocycles. The average Bonchev–Trinajstić information content (AvgIpc) is 1.37. The van der Waals surface area contributed by atoms with E-state index in [1.807, 2.05) is 146 Å². The number of aromatic nitrogens is 11. The van der Waals surface area contributed by atoms with Gasteiger partial charge in [-0.15, -0.1) is 0 Å². The van der Waals surface area contributed by atoms with Crippen molar-refractivity contribution in [2.75, 3.05) is 69.8 Å². The average molecular weight is 1870 g/mol. The molecule has 7 fully saturated rings. The van der Waals surface area contributed by atoms with Crippen LogP contribution in [0.3, 0.4) is 0 Å². The van der Waals surface area contributed by atoms with Crippen LogP contribution in [0.1, 0.15) is 213 Å². The van der Waals surface area contributed by atoms with Crippen molar-refractivity contribution in [1.82, 2.24) is 70.8 Å². The number of para-hydroxylation sites is 4. The van der Waals surface area contributed by atoms with Gasteiger partial charge in [0.05, 0.1) is 88.9 Å². The van der Waals surface area contributed by atoms with Crippen LogP contribution in [0.2, 0.25) is 0 Å². The van der Waals surface area contributed by atoms with Gasteiger partial charge in [-0.25, -0.2) is 63.2 Å². The topological polar surface area (TPSA) is 432 Å². The summed E-state index contributed by atoms with van der Waals surface area (Å²) in [6.45, 7) is 20.7. The third-order valence-electron chi connectivity index (χ3n) is 26.3. The number of aliphatic hydroxyl groups is 6. The summed E-state index contributed by atoms with van der Waals surface area (Å²) in [5, 5.41) is 92.0. The van der Waals surface area contributed by atoms with Crippen LogP contribution in [0.5, 0.6) is 0 Å². The maximum Gasteiger partial charge on any atom is 0.223 e. The Balaban J connectivity index is 0.000000136. The lowest BCUT2D eigenvalue weighted by Crippen LogP contribution is -2.29. The molecule has 7 aliphatic rings. The third-order valence-corrected chi connectivity index (χ3v) is 28.1. The van der Waals surface area contributed by atoms with Crippen molar-refractivity contribution in [3.63, 3.8) is 0 Å². The van der Waals surface area contributed by atoms with Gasteiger partial charge in [-0.2, -0.15) is 0 Å². The lowest BCUT2D eigenvalue weighted by Gasteiger charge is -2.26. The number of carbonyl (C=O) groups is 1. The molecule has 2 aliphatic heterocycles. The zero-order chi connectivity index (χ0) is 94.2. The molecular formula is C105H132N20O10S. The Morgan fingerprint density at radius 1 is 0.419 bits per heavy atom. The highest BCUT2D eigenvalue weighted by atomic mass is 32.2. The minimum atomic E-state index is -2.95. The van der Waals surface area contributed by atoms with Crippen LogP contribution < -0.4 is 47.9 Å². The number of rotatable bonds is 28. The number of nitrogens with zero attached hydrogens (tertiary/aromatic N) is 11. The minimum Gasteiger partial charge on any atom is -0.395 e. The van der Waals surface area contributed by atoms with E-state index in [-0.39, 0.29) is 85.9 Å². The van der Waals surface area contributed by atoms with E-state index in [0.29, 0.717) is 84.6 Å². The second kappa shape index (κ2) is 48.4. The zero-order valence-corrected chi connectivity index (χ0v) is 77.8. The van der Waals surface area contributed by atoms with Gasteiger partial charge in [-0.3, -0.25) is 4.79 Å². The van der Waals surface area contributed by atoms with Crippen molar-refractivity contribution in [2.24, 2.45) is 0 Å². The van der Waals surface area contributed by atoms with E-state index < -0.39 is 9.84 Å². The predicted molar refractivity (Wildman–Crippen MR) is 544 cm³/mol. The van der Waals surface area contributed by atoms with Crippen LogP contribution in [0.25, 0.3) is 77.3 Å². The molecule has 0 amide bonds. The number of pyridine rings is 1. The standard InChI is InChI=1S/C25H29N3O2.C21H23N5O.C20H26N4O3S.C20H26N4O2.C18H24N4O2.CH4/c1-2-17(18-6-4-3-5-7-18)15-24(30)19-8-9-20-16-26-25(28-23(20)14-19)27-21-10-12-22(29)13-11-21;1-14(24-19-7-2-3-12-22-19)18-6-4-5-15-13-23-21(26-20(15)18)25-16-8-10-17(27)11-9-16;1-13(22-16-9-10-28(26,27)12-16)18-4-2-3-14-11-21-20(24-19(14)18)23-15-5-7-17(25)8-6-15;1-13(22-16-9-10-26-12-16)18-4-2-3-14-11-21-20(24-19(14)18)23-15-5-7-17(25)8-6-15;1-12(19-9-10-23)16-4-2-3-13-11-20-18(22-17(13)16)21-14-5-7-15(24)8-6-14;/h3-9,14,16-17,21-22,29H,2,10-13,15H2,1H3,(H,26,27,28);2-7,12-13,16-17,27H,1,8-11H2,(H,22,24)(H,23,25,26);2-4,11,15-17,22,25H,1,5-10,12H2,(H,21,23,24);2-4,11,15-17,22,25H,1,5-10,12H2,(H,21,23,24);2-4,11,14-15,19,23-24H,1,5-10H2,(H,20,21,22);1H4. The fraction of sp³-hybridized carbons (Fsp3) is 0.429. The number of Topliss-reactive ketones (excluding diaryl/α,β-unsaturated/α-hetero) is 1. The van der Waals surface area contributed by atoms with Crippen molar-refractivity contribution in [1.29, 1.82) is 0 Å². The SMILES string of the molecule is C.C=C(NC1CCOC1)c1cccc2cnc(NC3CCC(O)CC3)nc12.C=C(NC1CCS(=O)(=O)C1)c1cccc2cnc(NC3CCC(O)CC3)nc12.C=C(NCCO)c1cccc2cnc(NC3CCC(O)CC3)nc12.C=C(Nc1ccccn1)c1cccc2cnc(NC3CCC(O)CC3)nc12.CCC(CC(=O)c1ccc2cnc(NC3CCC(O)CC3)nc2c1)c1ccccc1. The molecule has 19 rings (SSSR count). The Morgan fingerprint density at radius 3 is 1.18 bits per heavy atom. The van der Waals surface area contributed by atoms with E-state index in [4.69, 9.17) is 24.8 Å². The van der Waals surface area contributed by atoms with E-state index in [9.17, 15) is 38.7 Å². The smallest absolute Gasteiger partial charge is 0.223 e. The summed E-state index contributed by atoms with van der Waals surface area (Å²) in [6, 6.07) is 47.0. The summed E-state index contributed by atoms with van der Waals surface area (Å²) >= 11 is 0. The highest BCUT2D eigenvalue weighted by Gasteiger charge is 2.31. The number of ether oxygens (including phenoxy) is 1. The summed E-state index contributed by atoms with van der Waals surface area (Å²) < 4.78 is 28.9. The van der Waals surface area contributed by atoms with Gasteiger partial charge >= 0.3 is 0 Å². The van der Waals surface area contributed by atoms with Crippen LogP contribution in [0, 0.1) is 0 Å². The van der Waals surface area contributed by atoms with Crippen molar-refractivity contribution in [3.8, 4) is 0 Å². The number of hydrogen-bond acceptors (Lipinski definition) is 30. The van der Waals surface area contributed by atoms with Crippen LogP contribution >= 0.6 is 0 Å². The van der Waals surface area contributed by atoms with Crippen molar-refractivity contribution < 1.29 is 48.6 Å². The number of fused-ring (bicyclic) bond motifs is 5. The van der Waals surface area contributed by atoms with Crippen molar-refractivity contribution in [3.05, 3.63) is 236 Å². The Labute approximate surface area is 796 Å². The molecule has 8 heterocycles. The number of nitrogens with one attached hydrogen (secondary N) is 9. The summed E-state index contributed by atoms with van der Waals surface area (Å²) in [5.74, 6) is 4.48. The largest absolute Gasteiger partial charge is 0.395 e. The molecule has 5 aliphatic carbocycles. The van der Waals surface area contributed by atoms with Crippen LogP contribution in [0.4, 0.5) is 35.6 Å². The van der Waals surface area contributed by atoms with Crippen molar-refractivity contribution in [2.45, 2.75) is 247 Å². The quantitative estimate of drug-likeness (QED) is 0.0203. The molecule has 12 aromatic rings. The Kier molecular flexibility index (Phi) is 35.5. The normalized spacial score (nSPS) is 22.5. The molecular weight excluding hydrogens is 1730 g/mol. The minimum absolute atomic E-state index is 0. The first-order valence-corrected chi connectivity index (χ1v) is 49.6. The van der Waals surface area contributed by atoms with E-state index in [2.05, 4.69) is 133 Å². The summed E-state index contributed by atoms with van der Waals surface area (Å²) in [5.41, 5.74) is 12.8. The van der Waals surface area contributed by atoms with Gasteiger partial charge in [-0.1, -0.05) is 162 Å². The Bertz CT molecular complexity index is 6120. The lowest BCUT2D eigenvalue weighted by molar-refractivity contribution is 0.0972. The molecule has 3 unspecified atom stereocenters. The first kappa shape index (κ1) is 99.6. The van der Waals surface area contributed by atoms with Gasteiger partial charge in [0.1, 0.15) is 5.82 Å². The van der Waals surface area contributed by atoms with E-state index in [1.165, 1.54) is 5.56 Å². The fourth-order valence-corrected chi connectivity index (χ4v) is 20.2. The van der Waals surface area contributed by atoms with E-state index in [1.54, 1.807) is 18.6 Å². The number of aliphatic hydroxyl groups excluding tert-OH is 6. The van der Waals surface area contributed by atoms with Gasteiger partial charge in [0.15, 0.2) is 15.6 Å². The van der Waals surface area contributed by atoms with Gasteiger partial charge < -0.3 is 83.2 Å². The number of carbonyl (C=O) groups excluding carboxylic acids is 1. The molecule has 3 atom stereocenters. The first-order valence-electron chi connectivity index (χ1n) is 47.8.